The lowest BCUT2D eigenvalue weighted by atomic mass is 9.92. The van der Waals surface area contributed by atoms with E-state index in [4.69, 9.17) is 4.74 Å². The van der Waals surface area contributed by atoms with Gasteiger partial charge in [-0.15, -0.1) is 0 Å². The van der Waals surface area contributed by atoms with E-state index in [2.05, 4.69) is 53.5 Å². The number of nitrogens with zero attached hydrogens (tertiary/aromatic N) is 1. The average molecular weight is 407 g/mol. The molecule has 2 atom stereocenters. The van der Waals surface area contributed by atoms with Gasteiger partial charge in [-0.05, 0) is 92.3 Å². The van der Waals surface area contributed by atoms with Gasteiger partial charge in [0.2, 0.25) is 0 Å². The van der Waals surface area contributed by atoms with Gasteiger partial charge in [0.1, 0.15) is 5.75 Å². The normalized spacial score (nSPS) is 19.7. The minimum atomic E-state index is -0.513. The first-order chi connectivity index (χ1) is 14.6. The first-order valence-corrected chi connectivity index (χ1v) is 11.5. The van der Waals surface area contributed by atoms with E-state index in [0.717, 1.165) is 43.2 Å². The molecule has 2 aromatic rings. The molecule has 4 nitrogen and oxygen atoms in total. The van der Waals surface area contributed by atoms with Crippen LogP contribution in [0.3, 0.4) is 0 Å². The van der Waals surface area contributed by atoms with Gasteiger partial charge >= 0.3 is 0 Å². The van der Waals surface area contributed by atoms with Crippen molar-refractivity contribution in [3.05, 3.63) is 59.2 Å². The third-order valence-electron chi connectivity index (χ3n) is 6.43. The van der Waals surface area contributed by atoms with Gasteiger partial charge in [-0.1, -0.05) is 25.1 Å². The number of piperidine rings is 1. The number of hydrogen-bond acceptors (Lipinski definition) is 3. The molecular weight excluding hydrogens is 372 g/mol. The summed E-state index contributed by atoms with van der Waals surface area (Å²) in [7, 11) is 0. The van der Waals surface area contributed by atoms with Crippen LogP contribution in [0.5, 0.6) is 5.75 Å². The van der Waals surface area contributed by atoms with Gasteiger partial charge < -0.3 is 15.0 Å². The lowest BCUT2D eigenvalue weighted by Crippen LogP contribution is -2.36. The Hall–Kier alpha value is -2.49. The minimum Gasteiger partial charge on any atom is -0.481 e. The smallest absolute Gasteiger partial charge is 0.261 e. The van der Waals surface area contributed by atoms with Gasteiger partial charge in [0.05, 0.1) is 0 Å². The largest absolute Gasteiger partial charge is 0.481 e. The van der Waals surface area contributed by atoms with Gasteiger partial charge in [-0.25, -0.2) is 0 Å². The van der Waals surface area contributed by atoms with Crippen molar-refractivity contribution in [3.8, 4) is 5.75 Å². The summed E-state index contributed by atoms with van der Waals surface area (Å²) in [4.78, 5) is 15.0. The molecule has 0 saturated carbocycles. The van der Waals surface area contributed by atoms with Crippen LogP contribution in [0.2, 0.25) is 0 Å². The lowest BCUT2D eigenvalue weighted by molar-refractivity contribution is -0.127. The Kier molecular flexibility index (Phi) is 6.61. The third-order valence-corrected chi connectivity index (χ3v) is 6.43. The Balaban J connectivity index is 1.27. The van der Waals surface area contributed by atoms with Gasteiger partial charge in [0, 0.05) is 25.3 Å². The third kappa shape index (κ3) is 5.16. The number of anilines is 1. The summed E-state index contributed by atoms with van der Waals surface area (Å²) in [6.45, 7) is 6.93. The standard InChI is InChI=1S/C26H34N2O2/c1-19-6-5-15-28(18-19)24-12-9-21(10-13-24)17-27-26(29)20(2)30-25-14-11-22-7-3-4-8-23(22)16-25/h9-14,16,19-20H,3-8,15,17-18H2,1-2H3,(H,27,29)/t19-,20+/m0/s1. The van der Waals surface area contributed by atoms with Crippen LogP contribution in [0.4, 0.5) is 5.69 Å². The number of carbonyl (C=O) groups is 1. The fourth-order valence-electron chi connectivity index (χ4n) is 4.62. The number of ether oxygens (including phenoxy) is 1. The zero-order valence-corrected chi connectivity index (χ0v) is 18.3. The summed E-state index contributed by atoms with van der Waals surface area (Å²) < 4.78 is 5.92. The van der Waals surface area contributed by atoms with E-state index in [9.17, 15) is 4.79 Å². The Morgan fingerprint density at radius 3 is 2.63 bits per heavy atom. The van der Waals surface area contributed by atoms with Crippen molar-refractivity contribution in [3.63, 3.8) is 0 Å². The van der Waals surface area contributed by atoms with Crippen molar-refractivity contribution in [1.29, 1.82) is 0 Å². The van der Waals surface area contributed by atoms with Crippen LogP contribution in [-0.2, 0) is 24.2 Å². The molecule has 4 rings (SSSR count). The molecule has 1 N–H and O–H groups in total. The highest BCUT2D eigenvalue weighted by Gasteiger charge is 2.18. The van der Waals surface area contributed by atoms with Crippen LogP contribution in [0.15, 0.2) is 42.5 Å². The van der Waals surface area contributed by atoms with Crippen molar-refractivity contribution in [2.75, 3.05) is 18.0 Å². The van der Waals surface area contributed by atoms with Gasteiger partial charge in [0.15, 0.2) is 6.10 Å². The highest BCUT2D eigenvalue weighted by atomic mass is 16.5. The number of carbonyl (C=O) groups excluding carboxylic acids is 1. The minimum absolute atomic E-state index is 0.0818. The fourth-order valence-corrected chi connectivity index (χ4v) is 4.62. The number of nitrogens with one attached hydrogen (secondary N) is 1. The van der Waals surface area contributed by atoms with Crippen LogP contribution in [0.25, 0.3) is 0 Å². The molecule has 0 radical (unpaired) electrons. The molecule has 30 heavy (non-hydrogen) atoms. The first kappa shape index (κ1) is 20.8. The number of rotatable bonds is 6. The predicted octanol–water partition coefficient (Wildman–Crippen LogP) is 4.89. The second-order valence-corrected chi connectivity index (χ2v) is 8.98. The second kappa shape index (κ2) is 9.55. The molecule has 1 fully saturated rings. The topological polar surface area (TPSA) is 41.6 Å². The van der Waals surface area contributed by atoms with E-state index in [-0.39, 0.29) is 5.91 Å². The SMILES string of the molecule is C[C@H]1CCCN(c2ccc(CNC(=O)[C@@H](C)Oc3ccc4c(c3)CCCC4)cc2)C1. The van der Waals surface area contributed by atoms with E-state index in [1.54, 1.807) is 0 Å². The maximum atomic E-state index is 12.5. The molecule has 1 heterocycles. The lowest BCUT2D eigenvalue weighted by Gasteiger charge is -2.32. The molecule has 2 aliphatic rings. The van der Waals surface area contributed by atoms with E-state index in [1.165, 1.54) is 42.5 Å². The van der Waals surface area contributed by atoms with Gasteiger partial charge in [-0.2, -0.15) is 0 Å². The molecule has 1 aliphatic heterocycles. The Morgan fingerprint density at radius 2 is 1.87 bits per heavy atom. The zero-order chi connectivity index (χ0) is 20.9. The van der Waals surface area contributed by atoms with Crippen molar-refractivity contribution >= 4 is 11.6 Å². The second-order valence-electron chi connectivity index (χ2n) is 8.98. The maximum Gasteiger partial charge on any atom is 0.261 e. The van der Waals surface area contributed by atoms with Crippen LogP contribution in [0.1, 0.15) is 56.2 Å². The first-order valence-electron chi connectivity index (χ1n) is 11.5. The summed E-state index contributed by atoms with van der Waals surface area (Å²) in [5, 5.41) is 3.01. The highest BCUT2D eigenvalue weighted by Crippen LogP contribution is 2.26. The molecule has 0 spiro atoms. The predicted molar refractivity (Wildman–Crippen MR) is 122 cm³/mol. The summed E-state index contributed by atoms with van der Waals surface area (Å²) in [5.74, 6) is 1.47. The molecule has 0 aromatic heterocycles. The van der Waals surface area contributed by atoms with Crippen LogP contribution >= 0.6 is 0 Å². The van der Waals surface area contributed by atoms with Crippen LogP contribution < -0.4 is 15.0 Å². The van der Waals surface area contributed by atoms with E-state index >= 15 is 0 Å². The average Bonchev–Trinajstić information content (AvgIpc) is 2.77. The summed E-state index contributed by atoms with van der Waals surface area (Å²) in [6, 6.07) is 14.8. The zero-order valence-electron chi connectivity index (χ0n) is 18.3. The van der Waals surface area contributed by atoms with Crippen molar-refractivity contribution < 1.29 is 9.53 Å². The summed E-state index contributed by atoms with van der Waals surface area (Å²) >= 11 is 0. The number of hydrogen-bond donors (Lipinski definition) is 1. The highest BCUT2D eigenvalue weighted by molar-refractivity contribution is 5.80. The van der Waals surface area contributed by atoms with Crippen LogP contribution in [0, 0.1) is 5.92 Å². The molecule has 1 saturated heterocycles. The summed E-state index contributed by atoms with van der Waals surface area (Å²) in [5.41, 5.74) is 5.18. The van der Waals surface area contributed by atoms with Crippen molar-refractivity contribution in [1.82, 2.24) is 5.32 Å². The molecule has 0 unspecified atom stereocenters. The van der Waals surface area contributed by atoms with Gasteiger partial charge in [0.25, 0.3) is 5.91 Å². The molecule has 1 amide bonds. The van der Waals surface area contributed by atoms with Gasteiger partial charge in [-0.3, -0.25) is 4.79 Å². The molecule has 0 bridgehead atoms. The summed E-state index contributed by atoms with van der Waals surface area (Å²) in [6.07, 6.45) is 6.85. The quantitative estimate of drug-likeness (QED) is 0.743. The fraction of sp³-hybridized carbons (Fsp3) is 0.500. The number of fused-ring (bicyclic) bond motifs is 1. The van der Waals surface area contributed by atoms with E-state index in [1.807, 2.05) is 13.0 Å². The number of aryl methyl sites for hydroxylation is 2. The van der Waals surface area contributed by atoms with E-state index in [0.29, 0.717) is 6.54 Å². The van der Waals surface area contributed by atoms with Crippen molar-refractivity contribution in [2.45, 2.75) is 65.0 Å². The molecule has 160 valence electrons. The molecule has 4 heteroatoms. The Morgan fingerprint density at radius 1 is 1.10 bits per heavy atom. The number of benzene rings is 2. The Bertz CT molecular complexity index is 862. The van der Waals surface area contributed by atoms with Crippen molar-refractivity contribution in [2.24, 2.45) is 5.92 Å². The number of amides is 1. The Labute approximate surface area is 180 Å². The molecule has 2 aromatic carbocycles. The maximum absolute atomic E-state index is 12.5. The monoisotopic (exact) mass is 406 g/mol. The van der Waals surface area contributed by atoms with E-state index < -0.39 is 6.10 Å². The molecule has 1 aliphatic carbocycles. The molecular formula is C26H34N2O2. The van der Waals surface area contributed by atoms with Crippen LogP contribution in [-0.4, -0.2) is 25.1 Å².